The van der Waals surface area contributed by atoms with E-state index in [-0.39, 0.29) is 5.69 Å². The number of benzene rings is 2. The number of anilines is 2. The van der Waals surface area contributed by atoms with E-state index >= 15 is 0 Å². The van der Waals surface area contributed by atoms with Gasteiger partial charge in [0.25, 0.3) is 5.69 Å². The molecule has 0 radical (unpaired) electrons. The second-order valence-electron chi connectivity index (χ2n) is 4.42. The van der Waals surface area contributed by atoms with E-state index in [1.165, 1.54) is 24.3 Å². The highest BCUT2D eigenvalue weighted by atomic mass is 35.5. The quantitative estimate of drug-likeness (QED) is 0.637. The summed E-state index contributed by atoms with van der Waals surface area (Å²) in [6.07, 6.45) is -4.75. The Morgan fingerprint density at radius 1 is 1.22 bits per heavy atom. The minimum absolute atomic E-state index is 0.255. The summed E-state index contributed by atoms with van der Waals surface area (Å²) in [5.41, 5.74) is -1.56. The van der Waals surface area contributed by atoms with Crippen molar-refractivity contribution >= 4 is 28.7 Å². The number of hydrogen-bond donors (Lipinski definition) is 1. The summed E-state index contributed by atoms with van der Waals surface area (Å²) >= 11 is 5.77. The number of nitrogens with zero attached hydrogens (tertiary/aromatic N) is 2. The smallest absolute Gasteiger partial charge is 0.349 e. The molecule has 118 valence electrons. The lowest BCUT2D eigenvalue weighted by atomic mass is 10.1. The molecule has 2 aromatic carbocycles. The zero-order valence-corrected chi connectivity index (χ0v) is 11.9. The highest BCUT2D eigenvalue weighted by Gasteiger charge is 2.34. The molecule has 5 nitrogen and oxygen atoms in total. The van der Waals surface area contributed by atoms with Crippen molar-refractivity contribution in [1.82, 2.24) is 0 Å². The molecule has 0 aromatic heterocycles. The van der Waals surface area contributed by atoms with Crippen LogP contribution in [0.5, 0.6) is 0 Å². The molecule has 0 aliphatic heterocycles. The molecule has 0 spiro atoms. The number of hydrogen-bond acceptors (Lipinski definition) is 4. The van der Waals surface area contributed by atoms with Crippen LogP contribution in [-0.2, 0) is 6.18 Å². The standard InChI is InChI=1S/C14H7ClF3N3O2/c15-11-5-9(14(16,17)18)6-12(21(22)23)13(11)20-10-3-1-8(7-19)2-4-10/h1-6,20H. The molecular weight excluding hydrogens is 335 g/mol. The molecule has 0 fully saturated rings. The van der Waals surface area contributed by atoms with Crippen LogP contribution in [0.25, 0.3) is 0 Å². The number of alkyl halides is 3. The summed E-state index contributed by atoms with van der Waals surface area (Å²) in [7, 11) is 0. The molecule has 0 bridgehead atoms. The molecule has 0 atom stereocenters. The Hall–Kier alpha value is -2.79. The lowest BCUT2D eigenvalue weighted by molar-refractivity contribution is -0.384. The number of rotatable bonds is 3. The van der Waals surface area contributed by atoms with Gasteiger partial charge in [-0.2, -0.15) is 18.4 Å². The Morgan fingerprint density at radius 3 is 2.30 bits per heavy atom. The van der Waals surface area contributed by atoms with E-state index in [1.54, 1.807) is 0 Å². The Kier molecular flexibility index (Phi) is 4.43. The monoisotopic (exact) mass is 341 g/mol. The highest BCUT2D eigenvalue weighted by Crippen LogP contribution is 2.40. The van der Waals surface area contributed by atoms with Crippen LogP contribution in [0.4, 0.5) is 30.2 Å². The van der Waals surface area contributed by atoms with Crippen LogP contribution >= 0.6 is 11.6 Å². The van der Waals surface area contributed by atoms with E-state index < -0.39 is 27.4 Å². The topological polar surface area (TPSA) is 79.0 Å². The van der Waals surface area contributed by atoms with Gasteiger partial charge in [-0.05, 0) is 30.3 Å². The number of nitro groups is 1. The Balaban J connectivity index is 2.48. The maximum absolute atomic E-state index is 12.7. The second kappa shape index (κ2) is 6.14. The summed E-state index contributed by atoms with van der Waals surface area (Å²) in [4.78, 5) is 10.1. The van der Waals surface area contributed by atoms with Crippen LogP contribution in [0, 0.1) is 21.4 Å². The van der Waals surface area contributed by atoms with Crippen molar-refractivity contribution in [1.29, 1.82) is 5.26 Å². The van der Waals surface area contributed by atoms with Gasteiger partial charge in [-0.15, -0.1) is 0 Å². The molecule has 0 saturated carbocycles. The zero-order chi connectivity index (χ0) is 17.2. The fourth-order valence-corrected chi connectivity index (χ4v) is 2.06. The van der Waals surface area contributed by atoms with Crippen molar-refractivity contribution < 1.29 is 18.1 Å². The third kappa shape index (κ3) is 3.70. The van der Waals surface area contributed by atoms with Gasteiger partial charge in [-0.1, -0.05) is 11.6 Å². The number of halogens is 4. The summed E-state index contributed by atoms with van der Waals surface area (Å²) in [6, 6.07) is 8.73. The number of nitrogens with one attached hydrogen (secondary N) is 1. The molecule has 2 rings (SSSR count). The number of nitriles is 1. The molecule has 0 aliphatic rings. The van der Waals surface area contributed by atoms with Gasteiger partial charge >= 0.3 is 6.18 Å². The van der Waals surface area contributed by atoms with Crippen LogP contribution in [-0.4, -0.2) is 4.92 Å². The first-order chi connectivity index (χ1) is 10.7. The first-order valence-corrected chi connectivity index (χ1v) is 6.42. The lowest BCUT2D eigenvalue weighted by Gasteiger charge is -2.12. The van der Waals surface area contributed by atoms with Gasteiger partial charge in [0.1, 0.15) is 5.69 Å². The Bertz CT molecular complexity index is 799. The predicted molar refractivity (Wildman–Crippen MR) is 77.5 cm³/mol. The van der Waals surface area contributed by atoms with Crippen molar-refractivity contribution in [2.45, 2.75) is 6.18 Å². The minimum atomic E-state index is -4.75. The first kappa shape index (κ1) is 16.6. The molecule has 2 aromatic rings. The average molecular weight is 342 g/mol. The average Bonchev–Trinajstić information content (AvgIpc) is 2.48. The van der Waals surface area contributed by atoms with E-state index in [0.717, 1.165) is 0 Å². The fourth-order valence-electron chi connectivity index (χ4n) is 1.80. The van der Waals surface area contributed by atoms with Gasteiger partial charge < -0.3 is 5.32 Å². The van der Waals surface area contributed by atoms with Crippen molar-refractivity contribution in [3.63, 3.8) is 0 Å². The Morgan fingerprint density at radius 2 is 1.83 bits per heavy atom. The van der Waals surface area contributed by atoms with Crippen molar-refractivity contribution in [3.8, 4) is 6.07 Å². The van der Waals surface area contributed by atoms with Crippen LogP contribution in [0.15, 0.2) is 36.4 Å². The molecule has 9 heteroatoms. The van der Waals surface area contributed by atoms with Gasteiger partial charge in [0, 0.05) is 11.8 Å². The van der Waals surface area contributed by atoms with Crippen molar-refractivity contribution in [2.75, 3.05) is 5.32 Å². The van der Waals surface area contributed by atoms with E-state index in [0.29, 0.717) is 23.4 Å². The second-order valence-corrected chi connectivity index (χ2v) is 4.83. The van der Waals surface area contributed by atoms with Crippen LogP contribution in [0.3, 0.4) is 0 Å². The van der Waals surface area contributed by atoms with Gasteiger partial charge in [0.2, 0.25) is 0 Å². The highest BCUT2D eigenvalue weighted by molar-refractivity contribution is 6.34. The number of nitro benzene ring substituents is 1. The van der Waals surface area contributed by atoms with Gasteiger partial charge in [0.15, 0.2) is 0 Å². The lowest BCUT2D eigenvalue weighted by Crippen LogP contribution is -2.07. The largest absolute Gasteiger partial charge is 0.416 e. The minimum Gasteiger partial charge on any atom is -0.349 e. The van der Waals surface area contributed by atoms with Crippen LogP contribution < -0.4 is 5.32 Å². The maximum atomic E-state index is 12.7. The van der Waals surface area contributed by atoms with Crippen LogP contribution in [0.1, 0.15) is 11.1 Å². The van der Waals surface area contributed by atoms with Crippen molar-refractivity contribution in [2.24, 2.45) is 0 Å². The van der Waals surface area contributed by atoms with E-state index in [2.05, 4.69) is 5.32 Å². The Labute approximate surface area is 133 Å². The molecule has 0 unspecified atom stereocenters. The van der Waals surface area contributed by atoms with Crippen LogP contribution in [0.2, 0.25) is 5.02 Å². The maximum Gasteiger partial charge on any atom is 0.416 e. The molecular formula is C14H7ClF3N3O2. The molecule has 0 amide bonds. The third-order valence-corrected chi connectivity index (χ3v) is 3.17. The molecule has 0 saturated heterocycles. The summed E-state index contributed by atoms with van der Waals surface area (Å²) in [6.45, 7) is 0. The van der Waals surface area contributed by atoms with E-state index in [1.807, 2.05) is 6.07 Å². The fraction of sp³-hybridized carbons (Fsp3) is 0.0714. The molecule has 0 heterocycles. The summed E-state index contributed by atoms with van der Waals surface area (Å²) in [5.74, 6) is 0. The van der Waals surface area contributed by atoms with Gasteiger partial charge in [-0.3, -0.25) is 10.1 Å². The molecule has 0 aliphatic carbocycles. The van der Waals surface area contributed by atoms with Gasteiger partial charge in [0.05, 0.1) is 27.1 Å². The van der Waals surface area contributed by atoms with Crippen molar-refractivity contribution in [3.05, 3.63) is 62.7 Å². The normalized spacial score (nSPS) is 10.9. The molecule has 23 heavy (non-hydrogen) atoms. The van der Waals surface area contributed by atoms with Gasteiger partial charge in [-0.25, -0.2) is 0 Å². The zero-order valence-electron chi connectivity index (χ0n) is 11.2. The molecule has 1 N–H and O–H groups in total. The van der Waals surface area contributed by atoms with E-state index in [4.69, 9.17) is 16.9 Å². The van der Waals surface area contributed by atoms with E-state index in [9.17, 15) is 23.3 Å². The SMILES string of the molecule is N#Cc1ccc(Nc2c(Cl)cc(C(F)(F)F)cc2[N+](=O)[O-])cc1. The summed E-state index contributed by atoms with van der Waals surface area (Å²) < 4.78 is 38.2. The predicted octanol–water partition coefficient (Wildman–Crippen LogP) is 4.88. The third-order valence-electron chi connectivity index (χ3n) is 2.88. The summed E-state index contributed by atoms with van der Waals surface area (Å²) in [5, 5.41) is 21.9. The first-order valence-electron chi connectivity index (χ1n) is 6.04.